The lowest BCUT2D eigenvalue weighted by Crippen LogP contribution is -2.15. The molecule has 0 aliphatic rings. The zero-order valence-corrected chi connectivity index (χ0v) is 8.52. The Bertz CT molecular complexity index is 414. The monoisotopic (exact) mass is 253 g/mol. The number of halogens is 4. The number of carbonyl (C=O) groups excluding carboxylic acids is 1. The molecule has 0 bridgehead atoms. The molecule has 80 valence electrons. The highest BCUT2D eigenvalue weighted by Crippen LogP contribution is 2.33. The van der Waals surface area contributed by atoms with Gasteiger partial charge >= 0.3 is 5.57 Å². The Kier molecular flexibility index (Phi) is 3.63. The number of benzene rings is 1. The SMILES string of the molecule is O=C=Nc1ccc(OC(F)(F)Cl)c(Cl)c1. The van der Waals surface area contributed by atoms with Gasteiger partial charge in [-0.25, -0.2) is 4.79 Å². The van der Waals surface area contributed by atoms with Crippen molar-refractivity contribution in [3.8, 4) is 5.75 Å². The summed E-state index contributed by atoms with van der Waals surface area (Å²) in [6.45, 7) is 0. The third-order valence-corrected chi connectivity index (χ3v) is 1.69. The summed E-state index contributed by atoms with van der Waals surface area (Å²) < 4.78 is 28.5. The van der Waals surface area contributed by atoms with Crippen LogP contribution in [0, 0.1) is 0 Å². The zero-order chi connectivity index (χ0) is 11.5. The number of alkyl halides is 3. The maximum absolute atomic E-state index is 12.2. The zero-order valence-electron chi connectivity index (χ0n) is 7.01. The van der Waals surface area contributed by atoms with Gasteiger partial charge in [-0.2, -0.15) is 4.99 Å². The summed E-state index contributed by atoms with van der Waals surface area (Å²) in [5.74, 6) is -0.304. The summed E-state index contributed by atoms with van der Waals surface area (Å²) in [4.78, 5) is 13.1. The molecule has 7 heteroatoms. The van der Waals surface area contributed by atoms with Gasteiger partial charge in [-0.3, -0.25) is 0 Å². The molecule has 1 aromatic carbocycles. The van der Waals surface area contributed by atoms with Crippen molar-refractivity contribution in [1.82, 2.24) is 0 Å². The third-order valence-electron chi connectivity index (χ3n) is 1.32. The van der Waals surface area contributed by atoms with Crippen molar-refractivity contribution >= 4 is 35.0 Å². The van der Waals surface area contributed by atoms with Crippen LogP contribution < -0.4 is 4.74 Å². The quantitative estimate of drug-likeness (QED) is 0.470. The van der Waals surface area contributed by atoms with E-state index in [1.807, 2.05) is 0 Å². The third kappa shape index (κ3) is 3.83. The van der Waals surface area contributed by atoms with Crippen molar-refractivity contribution in [3.05, 3.63) is 23.2 Å². The predicted octanol–water partition coefficient (Wildman–Crippen LogP) is 3.48. The molecule has 0 unspecified atom stereocenters. The molecule has 0 N–H and O–H groups in total. The lowest BCUT2D eigenvalue weighted by molar-refractivity contribution is -0.0964. The number of rotatable bonds is 3. The van der Waals surface area contributed by atoms with Crippen molar-refractivity contribution in [3.63, 3.8) is 0 Å². The molecule has 0 fully saturated rings. The Morgan fingerprint density at radius 2 is 2.13 bits per heavy atom. The first-order valence-corrected chi connectivity index (χ1v) is 4.31. The van der Waals surface area contributed by atoms with Crippen LogP contribution in [-0.2, 0) is 4.79 Å². The van der Waals surface area contributed by atoms with Crippen LogP contribution in [0.3, 0.4) is 0 Å². The minimum absolute atomic E-state index is 0.133. The van der Waals surface area contributed by atoms with Gasteiger partial charge < -0.3 is 4.74 Å². The minimum Gasteiger partial charge on any atom is -0.418 e. The molecular weight excluding hydrogens is 251 g/mol. The molecule has 0 aliphatic heterocycles. The van der Waals surface area contributed by atoms with Gasteiger partial charge in [0.05, 0.1) is 10.7 Å². The van der Waals surface area contributed by atoms with Gasteiger partial charge in [-0.1, -0.05) is 11.6 Å². The summed E-state index contributed by atoms with van der Waals surface area (Å²) >= 11 is 10.1. The number of aliphatic imine (C=N–C) groups is 1. The fraction of sp³-hybridized carbons (Fsp3) is 0.125. The fourth-order valence-corrected chi connectivity index (χ4v) is 1.12. The van der Waals surface area contributed by atoms with Crippen LogP contribution in [0.2, 0.25) is 5.02 Å². The van der Waals surface area contributed by atoms with Gasteiger partial charge in [-0.05, 0) is 18.2 Å². The summed E-state index contributed by atoms with van der Waals surface area (Å²) in [5, 5.41) is -0.133. The van der Waals surface area contributed by atoms with E-state index < -0.39 is 5.57 Å². The first-order chi connectivity index (χ1) is 6.92. The highest BCUT2D eigenvalue weighted by Gasteiger charge is 2.28. The predicted molar refractivity (Wildman–Crippen MR) is 50.7 cm³/mol. The molecule has 0 aromatic heterocycles. The van der Waals surface area contributed by atoms with E-state index in [-0.39, 0.29) is 16.5 Å². The highest BCUT2D eigenvalue weighted by molar-refractivity contribution is 6.32. The smallest absolute Gasteiger partial charge is 0.418 e. The maximum Gasteiger partial charge on any atom is 0.487 e. The topological polar surface area (TPSA) is 38.7 Å². The molecule has 0 saturated heterocycles. The summed E-state index contributed by atoms with van der Waals surface area (Å²) in [5.41, 5.74) is -3.65. The molecule has 3 nitrogen and oxygen atoms in total. The normalized spacial score (nSPS) is 10.7. The Morgan fingerprint density at radius 1 is 1.47 bits per heavy atom. The molecule has 15 heavy (non-hydrogen) atoms. The number of nitrogens with zero attached hydrogens (tertiary/aromatic N) is 1. The molecule has 1 aromatic rings. The van der Waals surface area contributed by atoms with Gasteiger partial charge in [0, 0.05) is 11.6 Å². The van der Waals surface area contributed by atoms with Crippen LogP contribution >= 0.6 is 23.2 Å². The van der Waals surface area contributed by atoms with E-state index in [4.69, 9.17) is 11.6 Å². The summed E-state index contributed by atoms with van der Waals surface area (Å²) in [6, 6.07) is 3.55. The van der Waals surface area contributed by atoms with Crippen LogP contribution in [-0.4, -0.2) is 11.6 Å². The number of hydrogen-bond acceptors (Lipinski definition) is 3. The number of ether oxygens (including phenoxy) is 1. The van der Waals surface area contributed by atoms with E-state index in [0.29, 0.717) is 0 Å². The van der Waals surface area contributed by atoms with E-state index in [2.05, 4.69) is 21.3 Å². The molecule has 0 saturated carbocycles. The Balaban J connectivity index is 2.98. The van der Waals surface area contributed by atoms with E-state index in [0.717, 1.165) is 6.07 Å². The molecule has 0 heterocycles. The van der Waals surface area contributed by atoms with Gasteiger partial charge in [0.25, 0.3) is 0 Å². The van der Waals surface area contributed by atoms with Gasteiger partial charge in [0.1, 0.15) is 5.75 Å². The van der Waals surface area contributed by atoms with Crippen LogP contribution in [0.15, 0.2) is 23.2 Å². The van der Waals surface area contributed by atoms with E-state index >= 15 is 0 Å². The molecule has 0 aliphatic carbocycles. The second-order valence-electron chi connectivity index (χ2n) is 2.37. The molecular formula is C8H3Cl2F2NO2. The standard InChI is InChI=1S/C8H3Cl2F2NO2/c9-6-3-5(13-4-14)1-2-7(6)15-8(10,11)12/h1-3H. The van der Waals surface area contributed by atoms with Gasteiger partial charge in [0.2, 0.25) is 6.08 Å². The lowest BCUT2D eigenvalue weighted by atomic mass is 10.3. The molecule has 0 amide bonds. The highest BCUT2D eigenvalue weighted by atomic mass is 35.5. The Labute approximate surface area is 93.3 Å². The largest absolute Gasteiger partial charge is 0.487 e. The van der Waals surface area contributed by atoms with E-state index in [1.165, 1.54) is 18.2 Å². The van der Waals surface area contributed by atoms with Gasteiger partial charge in [0.15, 0.2) is 0 Å². The van der Waals surface area contributed by atoms with Gasteiger partial charge in [-0.15, -0.1) is 8.78 Å². The first kappa shape index (κ1) is 11.9. The summed E-state index contributed by atoms with van der Waals surface area (Å²) in [7, 11) is 0. The van der Waals surface area contributed by atoms with Crippen LogP contribution in [0.5, 0.6) is 5.75 Å². The van der Waals surface area contributed by atoms with Crippen molar-refractivity contribution in [1.29, 1.82) is 0 Å². The second kappa shape index (κ2) is 4.57. The van der Waals surface area contributed by atoms with Crippen molar-refractivity contribution in [2.24, 2.45) is 4.99 Å². The van der Waals surface area contributed by atoms with Crippen LogP contribution in [0.4, 0.5) is 14.5 Å². The molecule has 0 radical (unpaired) electrons. The summed E-state index contributed by atoms with van der Waals surface area (Å²) in [6.07, 6.45) is 1.28. The first-order valence-electron chi connectivity index (χ1n) is 3.55. The fourth-order valence-electron chi connectivity index (χ4n) is 0.819. The van der Waals surface area contributed by atoms with E-state index in [9.17, 15) is 13.6 Å². The van der Waals surface area contributed by atoms with Crippen molar-refractivity contribution in [2.45, 2.75) is 5.57 Å². The molecule has 0 spiro atoms. The Hall–Kier alpha value is -1.16. The van der Waals surface area contributed by atoms with Crippen molar-refractivity contribution in [2.75, 3.05) is 0 Å². The lowest BCUT2D eigenvalue weighted by Gasteiger charge is -2.11. The van der Waals surface area contributed by atoms with Crippen LogP contribution in [0.25, 0.3) is 0 Å². The van der Waals surface area contributed by atoms with E-state index in [1.54, 1.807) is 0 Å². The molecule has 0 atom stereocenters. The minimum atomic E-state index is -3.83. The van der Waals surface area contributed by atoms with Crippen LogP contribution in [0.1, 0.15) is 0 Å². The average molecular weight is 254 g/mol. The maximum atomic E-state index is 12.2. The number of isocyanates is 1. The number of hydrogen-bond donors (Lipinski definition) is 0. The molecule has 1 rings (SSSR count). The second-order valence-corrected chi connectivity index (χ2v) is 3.21. The Morgan fingerprint density at radius 3 is 2.60 bits per heavy atom. The van der Waals surface area contributed by atoms with Crippen molar-refractivity contribution < 1.29 is 18.3 Å². The average Bonchev–Trinajstić information content (AvgIpc) is 2.08.